The van der Waals surface area contributed by atoms with Crippen molar-refractivity contribution >= 4 is 32.3 Å². The number of nitrogens with one attached hydrogen (secondary N) is 1. The van der Waals surface area contributed by atoms with Gasteiger partial charge in [0.05, 0.1) is 17.1 Å². The minimum Gasteiger partial charge on any atom is -0.367 e. The van der Waals surface area contributed by atoms with Crippen molar-refractivity contribution in [2.45, 2.75) is 44.6 Å². The summed E-state index contributed by atoms with van der Waals surface area (Å²) in [6.07, 6.45) is 9.02. The summed E-state index contributed by atoms with van der Waals surface area (Å²) in [5, 5.41) is 5.42. The first-order valence-electron chi connectivity index (χ1n) is 10.2. The maximum Gasteiger partial charge on any atom is 0.256 e. The van der Waals surface area contributed by atoms with Gasteiger partial charge in [-0.05, 0) is 18.2 Å². The second-order valence-corrected chi connectivity index (χ2v) is 10.1. The van der Waals surface area contributed by atoms with Gasteiger partial charge in [-0.2, -0.15) is 0 Å². The van der Waals surface area contributed by atoms with Crippen molar-refractivity contribution in [3.8, 4) is 0 Å². The van der Waals surface area contributed by atoms with Crippen LogP contribution in [0.15, 0.2) is 30.5 Å². The summed E-state index contributed by atoms with van der Waals surface area (Å²) in [5.41, 5.74) is 0.543. The molecule has 1 saturated carbocycles. The van der Waals surface area contributed by atoms with E-state index >= 15 is 0 Å². The lowest BCUT2D eigenvalue weighted by molar-refractivity contribution is 0.0772. The number of aromatic nitrogens is 1. The Morgan fingerprint density at radius 1 is 1.00 bits per heavy atom. The van der Waals surface area contributed by atoms with Gasteiger partial charge in [-0.1, -0.05) is 49.9 Å². The van der Waals surface area contributed by atoms with Gasteiger partial charge in [0, 0.05) is 30.7 Å². The molecule has 1 aromatic heterocycles. The third-order valence-electron chi connectivity index (χ3n) is 5.85. The number of hydrogen-bond acceptors (Lipinski definition) is 5. The van der Waals surface area contributed by atoms with E-state index in [1.807, 2.05) is 24.3 Å². The van der Waals surface area contributed by atoms with Crippen LogP contribution in [0.25, 0.3) is 10.8 Å². The molecule has 150 valence electrons. The highest BCUT2D eigenvalue weighted by Crippen LogP contribution is 2.28. The molecule has 1 aromatic carbocycles. The first-order valence-corrected chi connectivity index (χ1v) is 12.0. The van der Waals surface area contributed by atoms with Crippen molar-refractivity contribution in [2.24, 2.45) is 0 Å². The Hall–Kier alpha value is -2.15. The van der Waals surface area contributed by atoms with E-state index in [2.05, 4.69) is 10.3 Å². The molecule has 0 spiro atoms. The molecule has 0 unspecified atom stereocenters. The van der Waals surface area contributed by atoms with Crippen molar-refractivity contribution < 1.29 is 13.2 Å². The van der Waals surface area contributed by atoms with Crippen LogP contribution in [-0.4, -0.2) is 54.8 Å². The maximum absolute atomic E-state index is 13.0. The number of sulfone groups is 1. The standard InChI is InChI=1S/C21H27N3O3S/c25-21(24-11-13-28(26,27)14-12-24)19-15-22-20(18-10-6-5-9-17(18)19)23-16-7-3-1-2-4-8-16/h5-6,9-10,15-16H,1-4,7-8,11-14H2,(H,22,23). The molecule has 7 heteroatoms. The molecule has 1 amide bonds. The van der Waals surface area contributed by atoms with E-state index in [-0.39, 0.29) is 30.5 Å². The highest BCUT2D eigenvalue weighted by atomic mass is 32.2. The summed E-state index contributed by atoms with van der Waals surface area (Å²) < 4.78 is 23.3. The van der Waals surface area contributed by atoms with Crippen molar-refractivity contribution in [2.75, 3.05) is 29.9 Å². The van der Waals surface area contributed by atoms with Gasteiger partial charge >= 0.3 is 0 Å². The van der Waals surface area contributed by atoms with E-state index in [4.69, 9.17) is 0 Å². The lowest BCUT2D eigenvalue weighted by Gasteiger charge is -2.27. The number of rotatable bonds is 3. The number of benzene rings is 1. The number of carbonyl (C=O) groups is 1. The van der Waals surface area contributed by atoms with Crippen molar-refractivity contribution in [1.82, 2.24) is 9.88 Å². The number of anilines is 1. The Balaban J connectivity index is 1.61. The number of pyridine rings is 1. The Morgan fingerprint density at radius 3 is 2.32 bits per heavy atom. The van der Waals surface area contributed by atoms with Crippen LogP contribution >= 0.6 is 0 Å². The van der Waals surface area contributed by atoms with Crippen LogP contribution in [0.3, 0.4) is 0 Å². The zero-order chi connectivity index (χ0) is 19.6. The SMILES string of the molecule is O=C(c1cnc(NC2CCCCCC2)c2ccccc12)N1CCS(=O)(=O)CC1. The molecule has 1 saturated heterocycles. The fourth-order valence-corrected chi connectivity index (χ4v) is 5.38. The molecule has 0 bridgehead atoms. The van der Waals surface area contributed by atoms with E-state index in [1.54, 1.807) is 11.1 Å². The van der Waals surface area contributed by atoms with Gasteiger partial charge in [-0.25, -0.2) is 13.4 Å². The van der Waals surface area contributed by atoms with Crippen LogP contribution in [0.5, 0.6) is 0 Å². The first-order chi connectivity index (χ1) is 13.5. The normalized spacial score (nSPS) is 20.6. The zero-order valence-electron chi connectivity index (χ0n) is 16.1. The molecule has 2 aliphatic rings. The quantitative estimate of drug-likeness (QED) is 0.799. The summed E-state index contributed by atoms with van der Waals surface area (Å²) >= 11 is 0. The Bertz CT molecular complexity index is 952. The molecule has 2 heterocycles. The average molecular weight is 402 g/mol. The molecular formula is C21H27N3O3S. The predicted molar refractivity (Wildman–Crippen MR) is 111 cm³/mol. The fourth-order valence-electron chi connectivity index (χ4n) is 4.18. The number of carbonyl (C=O) groups excluding carboxylic acids is 1. The third kappa shape index (κ3) is 4.14. The van der Waals surface area contributed by atoms with Crippen LogP contribution in [0, 0.1) is 0 Å². The van der Waals surface area contributed by atoms with Crippen LogP contribution in [0.1, 0.15) is 48.9 Å². The molecular weight excluding hydrogens is 374 g/mol. The second-order valence-electron chi connectivity index (χ2n) is 7.84. The van der Waals surface area contributed by atoms with Crippen LogP contribution in [0.2, 0.25) is 0 Å². The number of amides is 1. The molecule has 6 nitrogen and oxygen atoms in total. The van der Waals surface area contributed by atoms with E-state index < -0.39 is 9.84 Å². The number of hydrogen-bond donors (Lipinski definition) is 1. The van der Waals surface area contributed by atoms with Gasteiger partial charge in [-0.3, -0.25) is 4.79 Å². The van der Waals surface area contributed by atoms with Gasteiger partial charge in [0.2, 0.25) is 0 Å². The summed E-state index contributed by atoms with van der Waals surface area (Å²) in [6, 6.07) is 8.26. The number of nitrogens with zero attached hydrogens (tertiary/aromatic N) is 2. The zero-order valence-corrected chi connectivity index (χ0v) is 16.9. The highest BCUT2D eigenvalue weighted by molar-refractivity contribution is 7.91. The van der Waals surface area contributed by atoms with Crippen LogP contribution in [0.4, 0.5) is 5.82 Å². The van der Waals surface area contributed by atoms with Gasteiger partial charge in [0.15, 0.2) is 9.84 Å². The average Bonchev–Trinajstić information content (AvgIpc) is 2.96. The van der Waals surface area contributed by atoms with E-state index in [1.165, 1.54) is 25.7 Å². The second kappa shape index (κ2) is 8.07. The molecule has 0 radical (unpaired) electrons. The molecule has 2 aromatic rings. The molecule has 1 aliphatic carbocycles. The summed E-state index contributed by atoms with van der Waals surface area (Å²) in [4.78, 5) is 19.3. The van der Waals surface area contributed by atoms with Crippen LogP contribution in [-0.2, 0) is 9.84 Å². The summed E-state index contributed by atoms with van der Waals surface area (Å²) in [5.74, 6) is 0.761. The first kappa shape index (κ1) is 19.2. The van der Waals surface area contributed by atoms with E-state index in [9.17, 15) is 13.2 Å². The summed E-state index contributed by atoms with van der Waals surface area (Å²) in [7, 11) is -3.02. The maximum atomic E-state index is 13.0. The van der Waals surface area contributed by atoms with Gasteiger partial charge < -0.3 is 10.2 Å². The summed E-state index contributed by atoms with van der Waals surface area (Å²) in [6.45, 7) is 0.495. The predicted octanol–water partition coefficient (Wildman–Crippen LogP) is 3.24. The lowest BCUT2D eigenvalue weighted by Crippen LogP contribution is -2.43. The molecule has 1 aliphatic heterocycles. The molecule has 28 heavy (non-hydrogen) atoms. The Morgan fingerprint density at radius 2 is 1.64 bits per heavy atom. The van der Waals surface area contributed by atoms with Gasteiger partial charge in [0.1, 0.15) is 5.82 Å². The Kier molecular flexibility index (Phi) is 5.53. The molecule has 1 N–H and O–H groups in total. The minimum absolute atomic E-state index is 0.0332. The van der Waals surface area contributed by atoms with E-state index in [0.717, 1.165) is 29.4 Å². The topological polar surface area (TPSA) is 79.4 Å². The Labute approximate surface area is 166 Å². The minimum atomic E-state index is -3.02. The number of fused-ring (bicyclic) bond motifs is 1. The monoisotopic (exact) mass is 401 g/mol. The molecule has 0 atom stereocenters. The fraction of sp³-hybridized carbons (Fsp3) is 0.524. The molecule has 4 rings (SSSR count). The highest BCUT2D eigenvalue weighted by Gasteiger charge is 2.27. The van der Waals surface area contributed by atoms with Crippen LogP contribution < -0.4 is 5.32 Å². The smallest absolute Gasteiger partial charge is 0.256 e. The third-order valence-corrected chi connectivity index (χ3v) is 7.46. The van der Waals surface area contributed by atoms with Gasteiger partial charge in [0.25, 0.3) is 5.91 Å². The van der Waals surface area contributed by atoms with Gasteiger partial charge in [-0.15, -0.1) is 0 Å². The van der Waals surface area contributed by atoms with Crippen molar-refractivity contribution in [1.29, 1.82) is 0 Å². The lowest BCUT2D eigenvalue weighted by atomic mass is 10.0. The van der Waals surface area contributed by atoms with Crippen molar-refractivity contribution in [3.63, 3.8) is 0 Å². The molecule has 2 fully saturated rings. The largest absolute Gasteiger partial charge is 0.367 e. The van der Waals surface area contributed by atoms with E-state index in [0.29, 0.717) is 11.6 Å². The van der Waals surface area contributed by atoms with Crippen molar-refractivity contribution in [3.05, 3.63) is 36.0 Å².